The molecule has 0 saturated carbocycles. The topological polar surface area (TPSA) is 35.6 Å². The first-order valence-electron chi connectivity index (χ1n) is 7.66. The number of fused-ring (bicyclic) bond motifs is 1. The number of alkyl halides is 1. The number of hydrogen-bond acceptors (Lipinski definition) is 2. The molecule has 0 spiro atoms. The van der Waals surface area contributed by atoms with Crippen LogP contribution >= 0.6 is 11.6 Å². The van der Waals surface area contributed by atoms with Crippen LogP contribution in [-0.2, 0) is 19.3 Å². The van der Waals surface area contributed by atoms with Crippen LogP contribution in [0.3, 0.4) is 0 Å². The van der Waals surface area contributed by atoms with Crippen LogP contribution in [0.4, 0.5) is 0 Å². The Morgan fingerprint density at radius 2 is 1.95 bits per heavy atom. The first-order valence-corrected chi connectivity index (χ1v) is 8.19. The standard InChI is InChI=1S/C15H25ClN4/c1-5-8-11(7-3)20-13(10-16)17-14-12(9-6-2)18-19(4)15(14)20/h11H,5-10H2,1-4H3. The van der Waals surface area contributed by atoms with Crippen molar-refractivity contribution in [2.75, 3.05) is 0 Å². The summed E-state index contributed by atoms with van der Waals surface area (Å²) in [4.78, 5) is 4.77. The summed E-state index contributed by atoms with van der Waals surface area (Å²) in [6.45, 7) is 6.63. The third-order valence-corrected chi connectivity index (χ3v) is 4.11. The summed E-state index contributed by atoms with van der Waals surface area (Å²) in [5.74, 6) is 1.44. The zero-order chi connectivity index (χ0) is 14.7. The minimum Gasteiger partial charge on any atom is -0.309 e. The lowest BCUT2D eigenvalue weighted by Gasteiger charge is -2.19. The summed E-state index contributed by atoms with van der Waals surface area (Å²) in [6, 6.07) is 0.462. The van der Waals surface area contributed by atoms with Gasteiger partial charge in [-0.15, -0.1) is 11.6 Å². The second-order valence-electron chi connectivity index (χ2n) is 5.37. The van der Waals surface area contributed by atoms with Gasteiger partial charge in [-0.05, 0) is 19.3 Å². The highest BCUT2D eigenvalue weighted by molar-refractivity contribution is 6.16. The third kappa shape index (κ3) is 2.58. The van der Waals surface area contributed by atoms with E-state index in [2.05, 4.69) is 30.4 Å². The Morgan fingerprint density at radius 1 is 1.20 bits per heavy atom. The molecule has 20 heavy (non-hydrogen) atoms. The van der Waals surface area contributed by atoms with Gasteiger partial charge in [0.05, 0.1) is 11.6 Å². The van der Waals surface area contributed by atoms with E-state index in [1.54, 1.807) is 0 Å². The molecule has 0 aliphatic heterocycles. The van der Waals surface area contributed by atoms with Gasteiger partial charge in [-0.25, -0.2) is 4.98 Å². The molecule has 1 atom stereocenters. The molecule has 0 amide bonds. The van der Waals surface area contributed by atoms with Gasteiger partial charge in [0.2, 0.25) is 0 Å². The molecule has 2 aromatic rings. The maximum absolute atomic E-state index is 6.13. The van der Waals surface area contributed by atoms with Crippen molar-refractivity contribution in [1.82, 2.24) is 19.3 Å². The highest BCUT2D eigenvalue weighted by Gasteiger charge is 2.22. The van der Waals surface area contributed by atoms with Crippen molar-refractivity contribution in [2.45, 2.75) is 64.8 Å². The van der Waals surface area contributed by atoms with Crippen LogP contribution in [0.2, 0.25) is 0 Å². The van der Waals surface area contributed by atoms with Gasteiger partial charge in [0.15, 0.2) is 5.65 Å². The Hall–Kier alpha value is -1.03. The van der Waals surface area contributed by atoms with Crippen LogP contribution in [0.1, 0.15) is 64.0 Å². The van der Waals surface area contributed by atoms with E-state index >= 15 is 0 Å². The summed E-state index contributed by atoms with van der Waals surface area (Å²) in [5.41, 5.74) is 3.27. The first kappa shape index (κ1) is 15.4. The van der Waals surface area contributed by atoms with Crippen molar-refractivity contribution in [3.63, 3.8) is 0 Å². The molecule has 0 fully saturated rings. The van der Waals surface area contributed by atoms with E-state index in [4.69, 9.17) is 16.6 Å². The summed E-state index contributed by atoms with van der Waals surface area (Å²) in [6.07, 6.45) is 5.47. The zero-order valence-corrected chi connectivity index (χ0v) is 13.7. The normalized spacial score (nSPS) is 13.2. The van der Waals surface area contributed by atoms with Crippen molar-refractivity contribution < 1.29 is 0 Å². The molecule has 0 aromatic carbocycles. The maximum Gasteiger partial charge on any atom is 0.158 e. The van der Waals surface area contributed by atoms with E-state index in [1.807, 2.05) is 11.7 Å². The number of imidazole rings is 1. The molecule has 0 bridgehead atoms. The fourth-order valence-corrected chi connectivity index (χ4v) is 3.17. The third-order valence-electron chi connectivity index (χ3n) is 3.87. The zero-order valence-electron chi connectivity index (χ0n) is 13.0. The summed E-state index contributed by atoms with van der Waals surface area (Å²) < 4.78 is 4.29. The average molecular weight is 297 g/mol. The molecule has 2 aromatic heterocycles. The lowest BCUT2D eigenvalue weighted by molar-refractivity contribution is 0.441. The quantitative estimate of drug-likeness (QED) is 0.717. The number of nitrogens with zero attached hydrogens (tertiary/aromatic N) is 4. The Bertz CT molecular complexity index is 570. The second kappa shape index (κ2) is 6.61. The van der Waals surface area contributed by atoms with Crippen molar-refractivity contribution in [3.05, 3.63) is 11.5 Å². The molecule has 2 rings (SSSR count). The minimum atomic E-state index is 0.459. The Labute approximate surface area is 126 Å². The van der Waals surface area contributed by atoms with Crippen LogP contribution in [0.25, 0.3) is 11.2 Å². The number of aromatic nitrogens is 4. The van der Waals surface area contributed by atoms with Gasteiger partial charge < -0.3 is 4.57 Å². The smallest absolute Gasteiger partial charge is 0.158 e. The lowest BCUT2D eigenvalue weighted by Crippen LogP contribution is -2.13. The second-order valence-corrected chi connectivity index (χ2v) is 5.64. The van der Waals surface area contributed by atoms with E-state index in [0.29, 0.717) is 11.9 Å². The largest absolute Gasteiger partial charge is 0.309 e. The van der Waals surface area contributed by atoms with Crippen LogP contribution in [0.15, 0.2) is 0 Å². The number of aryl methyl sites for hydroxylation is 2. The molecule has 0 saturated heterocycles. The fraction of sp³-hybridized carbons (Fsp3) is 0.733. The van der Waals surface area contributed by atoms with E-state index in [9.17, 15) is 0 Å². The van der Waals surface area contributed by atoms with E-state index in [0.717, 1.165) is 48.4 Å². The molecule has 5 heteroatoms. The van der Waals surface area contributed by atoms with Crippen LogP contribution in [-0.4, -0.2) is 19.3 Å². The van der Waals surface area contributed by atoms with Crippen LogP contribution in [0, 0.1) is 0 Å². The molecular weight excluding hydrogens is 272 g/mol. The lowest BCUT2D eigenvalue weighted by atomic mass is 10.1. The maximum atomic E-state index is 6.13. The monoisotopic (exact) mass is 296 g/mol. The van der Waals surface area contributed by atoms with Crippen LogP contribution in [0.5, 0.6) is 0 Å². The number of hydrogen-bond donors (Lipinski definition) is 0. The van der Waals surface area contributed by atoms with Crippen molar-refractivity contribution in [3.8, 4) is 0 Å². The Kier molecular flexibility index (Phi) is 5.08. The highest BCUT2D eigenvalue weighted by Crippen LogP contribution is 2.29. The number of rotatable bonds is 7. The average Bonchev–Trinajstić information content (AvgIpc) is 2.95. The molecule has 0 radical (unpaired) electrons. The fourth-order valence-electron chi connectivity index (χ4n) is 2.98. The van der Waals surface area contributed by atoms with Gasteiger partial charge in [0, 0.05) is 13.1 Å². The molecule has 1 unspecified atom stereocenters. The van der Waals surface area contributed by atoms with Crippen molar-refractivity contribution in [1.29, 1.82) is 0 Å². The van der Waals surface area contributed by atoms with E-state index in [1.165, 1.54) is 6.42 Å². The predicted molar refractivity (Wildman–Crippen MR) is 84.3 cm³/mol. The molecule has 0 N–H and O–H groups in total. The molecule has 4 nitrogen and oxygen atoms in total. The van der Waals surface area contributed by atoms with E-state index in [-0.39, 0.29) is 0 Å². The van der Waals surface area contributed by atoms with Crippen molar-refractivity contribution >= 4 is 22.8 Å². The Balaban J connectivity index is 2.61. The number of halogens is 1. The Morgan fingerprint density at radius 3 is 2.50 bits per heavy atom. The summed E-state index contributed by atoms with van der Waals surface area (Å²) in [7, 11) is 2.01. The van der Waals surface area contributed by atoms with Crippen LogP contribution < -0.4 is 0 Å². The van der Waals surface area contributed by atoms with Gasteiger partial charge in [-0.3, -0.25) is 4.68 Å². The van der Waals surface area contributed by atoms with Gasteiger partial charge in [0.1, 0.15) is 11.3 Å². The van der Waals surface area contributed by atoms with Gasteiger partial charge in [-0.2, -0.15) is 5.10 Å². The molecular formula is C15H25ClN4. The first-order chi connectivity index (χ1) is 9.67. The highest BCUT2D eigenvalue weighted by atomic mass is 35.5. The van der Waals surface area contributed by atoms with Gasteiger partial charge in [-0.1, -0.05) is 33.6 Å². The van der Waals surface area contributed by atoms with Gasteiger partial charge >= 0.3 is 0 Å². The minimum absolute atomic E-state index is 0.459. The molecule has 112 valence electrons. The molecule has 2 heterocycles. The summed E-state index contributed by atoms with van der Waals surface area (Å²) >= 11 is 6.13. The molecule has 0 aliphatic carbocycles. The predicted octanol–water partition coefficient (Wildman–Crippen LogP) is 4.21. The SMILES string of the molecule is CCCc1nn(C)c2c1nc(CCl)n2C(CC)CCC. The summed E-state index contributed by atoms with van der Waals surface area (Å²) in [5, 5.41) is 4.64. The molecule has 0 aliphatic rings. The van der Waals surface area contributed by atoms with E-state index < -0.39 is 0 Å². The van der Waals surface area contributed by atoms with Crippen molar-refractivity contribution in [2.24, 2.45) is 7.05 Å². The van der Waals surface area contributed by atoms with Gasteiger partial charge in [0.25, 0.3) is 0 Å².